The zero-order chi connectivity index (χ0) is 18.5. The molecule has 2 amide bonds. The molecule has 1 fully saturated rings. The normalized spacial score (nSPS) is 17.0. The summed E-state index contributed by atoms with van der Waals surface area (Å²) in [6, 6.07) is 14.2. The molecule has 3 rings (SSSR count). The third-order valence-corrected chi connectivity index (χ3v) is 4.43. The highest BCUT2D eigenvalue weighted by atomic mass is 35.5. The summed E-state index contributed by atoms with van der Waals surface area (Å²) in [4.78, 5) is 25.8. The van der Waals surface area contributed by atoms with E-state index in [1.54, 1.807) is 24.3 Å². The van der Waals surface area contributed by atoms with Crippen molar-refractivity contribution in [3.63, 3.8) is 0 Å². The van der Waals surface area contributed by atoms with E-state index in [4.69, 9.17) is 22.1 Å². The van der Waals surface area contributed by atoms with Gasteiger partial charge in [0.1, 0.15) is 5.75 Å². The first-order valence-corrected chi connectivity index (χ1v) is 8.71. The minimum Gasteiger partial charge on any atom is -0.484 e. The number of ether oxygens (including phenoxy) is 1. The summed E-state index contributed by atoms with van der Waals surface area (Å²) in [6.45, 7) is 1.74. The predicted molar refractivity (Wildman–Crippen MR) is 99.2 cm³/mol. The van der Waals surface area contributed by atoms with Gasteiger partial charge in [0.15, 0.2) is 6.61 Å². The quantitative estimate of drug-likeness (QED) is 0.839. The number of primary amides is 1. The van der Waals surface area contributed by atoms with Crippen molar-refractivity contribution in [2.24, 2.45) is 5.73 Å². The molecule has 1 aliphatic heterocycles. The lowest BCUT2D eigenvalue weighted by molar-refractivity contribution is -0.119. The van der Waals surface area contributed by atoms with Gasteiger partial charge in [-0.25, -0.2) is 0 Å². The largest absolute Gasteiger partial charge is 0.484 e. The molecule has 0 aromatic heterocycles. The number of carbonyl (C=O) groups excluding carboxylic acids is 2. The van der Waals surface area contributed by atoms with Crippen LogP contribution >= 0.6 is 11.6 Å². The lowest BCUT2D eigenvalue weighted by atomic mass is 10.0. The molecule has 26 heavy (non-hydrogen) atoms. The number of hydrogen-bond donors (Lipinski definition) is 2. The second-order valence-electron chi connectivity index (χ2n) is 6.06. The number of amides is 2. The molecule has 1 heterocycles. The van der Waals surface area contributed by atoms with E-state index in [0.717, 1.165) is 12.1 Å². The Labute approximate surface area is 156 Å². The fraction of sp³-hybridized carbons (Fsp3) is 0.263. The van der Waals surface area contributed by atoms with Gasteiger partial charge in [-0.2, -0.15) is 0 Å². The maximum atomic E-state index is 13.1. The van der Waals surface area contributed by atoms with Crippen molar-refractivity contribution in [2.75, 3.05) is 26.2 Å². The third kappa shape index (κ3) is 4.33. The predicted octanol–water partition coefficient (Wildman–Crippen LogP) is 1.99. The molecule has 0 bridgehead atoms. The van der Waals surface area contributed by atoms with E-state index >= 15 is 0 Å². The molecule has 0 spiro atoms. The van der Waals surface area contributed by atoms with Gasteiger partial charge in [0, 0.05) is 30.2 Å². The van der Waals surface area contributed by atoms with Crippen LogP contribution in [-0.2, 0) is 4.79 Å². The van der Waals surface area contributed by atoms with Gasteiger partial charge in [-0.15, -0.1) is 0 Å². The number of hydrogen-bond acceptors (Lipinski definition) is 4. The van der Waals surface area contributed by atoms with Crippen LogP contribution in [0, 0.1) is 0 Å². The highest BCUT2D eigenvalue weighted by Gasteiger charge is 2.28. The SMILES string of the molecule is NC(=O)COc1cccc(C(=O)N2CCNCC2c2cccc(Cl)c2)c1. The van der Waals surface area contributed by atoms with Crippen molar-refractivity contribution in [1.82, 2.24) is 10.2 Å². The highest BCUT2D eigenvalue weighted by molar-refractivity contribution is 6.30. The first kappa shape index (κ1) is 18.2. The molecular formula is C19H20ClN3O3. The Kier molecular flexibility index (Phi) is 5.75. The Morgan fingerprint density at radius 3 is 2.81 bits per heavy atom. The smallest absolute Gasteiger partial charge is 0.255 e. The molecule has 1 aliphatic rings. The van der Waals surface area contributed by atoms with Gasteiger partial charge in [0.2, 0.25) is 0 Å². The lowest BCUT2D eigenvalue weighted by Crippen LogP contribution is -2.48. The number of halogens is 1. The topological polar surface area (TPSA) is 84.7 Å². The number of piperazine rings is 1. The Bertz CT molecular complexity index is 812. The average Bonchev–Trinajstić information content (AvgIpc) is 2.66. The second-order valence-corrected chi connectivity index (χ2v) is 6.49. The summed E-state index contributed by atoms with van der Waals surface area (Å²) in [6.07, 6.45) is 0. The third-order valence-electron chi connectivity index (χ3n) is 4.20. The van der Waals surface area contributed by atoms with E-state index in [-0.39, 0.29) is 18.6 Å². The van der Waals surface area contributed by atoms with Crippen molar-refractivity contribution < 1.29 is 14.3 Å². The summed E-state index contributed by atoms with van der Waals surface area (Å²) < 4.78 is 5.30. The lowest BCUT2D eigenvalue weighted by Gasteiger charge is -2.36. The Balaban J connectivity index is 1.82. The maximum Gasteiger partial charge on any atom is 0.255 e. The monoisotopic (exact) mass is 373 g/mol. The first-order chi connectivity index (χ1) is 12.5. The van der Waals surface area contributed by atoms with Crippen LogP contribution in [0.2, 0.25) is 5.02 Å². The molecule has 1 atom stereocenters. The van der Waals surface area contributed by atoms with Gasteiger partial charge in [-0.1, -0.05) is 29.8 Å². The van der Waals surface area contributed by atoms with Crippen molar-refractivity contribution in [3.05, 3.63) is 64.7 Å². The molecule has 2 aromatic carbocycles. The number of nitrogens with two attached hydrogens (primary N) is 1. The molecule has 7 heteroatoms. The Hall–Kier alpha value is -2.57. The molecule has 0 aliphatic carbocycles. The van der Waals surface area contributed by atoms with Gasteiger partial charge < -0.3 is 20.7 Å². The minimum atomic E-state index is -0.565. The van der Waals surface area contributed by atoms with Crippen LogP contribution in [0.4, 0.5) is 0 Å². The zero-order valence-electron chi connectivity index (χ0n) is 14.2. The number of benzene rings is 2. The molecule has 6 nitrogen and oxygen atoms in total. The van der Waals surface area contributed by atoms with Crippen molar-refractivity contribution in [1.29, 1.82) is 0 Å². The van der Waals surface area contributed by atoms with Crippen LogP contribution in [0.15, 0.2) is 48.5 Å². The minimum absolute atomic E-state index is 0.0963. The van der Waals surface area contributed by atoms with Crippen LogP contribution in [0.25, 0.3) is 0 Å². The van der Waals surface area contributed by atoms with Crippen molar-refractivity contribution in [3.8, 4) is 5.75 Å². The average molecular weight is 374 g/mol. The molecule has 0 radical (unpaired) electrons. The fourth-order valence-electron chi connectivity index (χ4n) is 3.00. The number of nitrogens with one attached hydrogen (secondary N) is 1. The van der Waals surface area contributed by atoms with E-state index in [2.05, 4.69) is 5.32 Å². The molecule has 3 N–H and O–H groups in total. The zero-order valence-corrected chi connectivity index (χ0v) is 14.9. The molecule has 136 valence electrons. The van der Waals surface area contributed by atoms with Crippen LogP contribution in [0.1, 0.15) is 22.0 Å². The highest BCUT2D eigenvalue weighted by Crippen LogP contribution is 2.27. The van der Waals surface area contributed by atoms with Gasteiger partial charge >= 0.3 is 0 Å². The Morgan fingerprint density at radius 2 is 2.04 bits per heavy atom. The van der Waals surface area contributed by atoms with Gasteiger partial charge in [0.25, 0.3) is 11.8 Å². The van der Waals surface area contributed by atoms with Gasteiger partial charge in [0.05, 0.1) is 6.04 Å². The summed E-state index contributed by atoms with van der Waals surface area (Å²) in [5.74, 6) is -0.227. The number of rotatable bonds is 5. The molecule has 1 saturated heterocycles. The summed E-state index contributed by atoms with van der Waals surface area (Å²) >= 11 is 6.11. The standard InChI is InChI=1S/C19H20ClN3O3/c20-15-5-1-3-13(9-15)17-11-22-7-8-23(17)19(25)14-4-2-6-16(10-14)26-12-18(21)24/h1-6,9-10,17,22H,7-8,11-12H2,(H2,21,24). The fourth-order valence-corrected chi connectivity index (χ4v) is 3.20. The molecule has 2 aromatic rings. The van der Waals surface area contributed by atoms with Gasteiger partial charge in [-0.05, 0) is 35.9 Å². The van der Waals surface area contributed by atoms with Crippen molar-refractivity contribution >= 4 is 23.4 Å². The van der Waals surface area contributed by atoms with E-state index in [9.17, 15) is 9.59 Å². The van der Waals surface area contributed by atoms with E-state index in [1.807, 2.05) is 29.2 Å². The van der Waals surface area contributed by atoms with Gasteiger partial charge in [-0.3, -0.25) is 9.59 Å². The summed E-state index contributed by atoms with van der Waals surface area (Å²) in [5.41, 5.74) is 6.58. The number of nitrogens with zero attached hydrogens (tertiary/aromatic N) is 1. The van der Waals surface area contributed by atoms with Crippen molar-refractivity contribution in [2.45, 2.75) is 6.04 Å². The summed E-state index contributed by atoms with van der Waals surface area (Å²) in [7, 11) is 0. The van der Waals surface area contributed by atoms with Crippen LogP contribution < -0.4 is 15.8 Å². The molecule has 0 saturated carbocycles. The van der Waals surface area contributed by atoms with Crippen LogP contribution in [0.3, 0.4) is 0 Å². The second kappa shape index (κ2) is 8.21. The Morgan fingerprint density at radius 1 is 1.23 bits per heavy atom. The maximum absolute atomic E-state index is 13.1. The van der Waals surface area contributed by atoms with Crippen LogP contribution in [0.5, 0.6) is 5.75 Å². The van der Waals surface area contributed by atoms with E-state index in [0.29, 0.717) is 29.4 Å². The summed E-state index contributed by atoms with van der Waals surface area (Å²) in [5, 5.41) is 3.96. The van der Waals surface area contributed by atoms with E-state index in [1.165, 1.54) is 0 Å². The number of carbonyl (C=O) groups is 2. The molecule has 1 unspecified atom stereocenters. The molecular weight excluding hydrogens is 354 g/mol. The van der Waals surface area contributed by atoms with Crippen LogP contribution in [-0.4, -0.2) is 43.0 Å². The van der Waals surface area contributed by atoms with E-state index < -0.39 is 5.91 Å². The first-order valence-electron chi connectivity index (χ1n) is 8.33.